The highest BCUT2D eigenvalue weighted by molar-refractivity contribution is 5.89. The van der Waals surface area contributed by atoms with Crippen LogP contribution in [-0.4, -0.2) is 369 Å². The Bertz CT molecular complexity index is 3820. The van der Waals surface area contributed by atoms with Crippen LogP contribution in [0, 0.1) is 50.2 Å². The lowest BCUT2D eigenvalue weighted by atomic mass is 9.33. The third kappa shape index (κ3) is 20.3. The highest BCUT2D eigenvalue weighted by Crippen LogP contribution is 2.76. The van der Waals surface area contributed by atoms with E-state index in [9.17, 15) is 107 Å². The van der Waals surface area contributed by atoms with E-state index in [1.807, 2.05) is 0 Å². The third-order valence-electron chi connectivity index (χ3n) is 30.3. The average Bonchev–Trinajstić information content (AvgIpc) is 0.673. The highest BCUT2D eigenvalue weighted by Gasteiger charge is 2.71. The fourth-order valence-electron chi connectivity index (χ4n) is 21.9. The van der Waals surface area contributed by atoms with E-state index in [2.05, 4.69) is 67.7 Å². The van der Waals surface area contributed by atoms with Crippen molar-refractivity contribution in [3.05, 3.63) is 60.3 Å². The zero-order chi connectivity index (χ0) is 92.4. The van der Waals surface area contributed by atoms with Gasteiger partial charge in [-0.1, -0.05) is 84.4 Å². The van der Waals surface area contributed by atoms with Gasteiger partial charge in [-0.25, -0.2) is 9.59 Å². The minimum Gasteiger partial charge on any atom is -0.459 e. The van der Waals surface area contributed by atoms with E-state index in [0.29, 0.717) is 51.4 Å². The SMILES string of the molecule is C=CC(C)(O)CCC=C(CO)C(=O)O[C@H]1[C@H](O)[C@@H](COC(=O)/C(C)=C/CC[C@](C)(O)C=C)O[C@@H](OC(=O)[C@]23CCC(C)(C)C[C@H]2C2=CC[C@@H]4[C@@]5(C)CC[C@H](O[C@@H]6O[C@H](CO[C@@H]7OC[C@H](O)[C@H](O)[C@H]7O[C@@H]7OC[C@@H](O)[C@H](O)[C@H]7O)[C@@H](O)[C@H](O)[C@H]6O)C(C)(C)[C@@H]5CC[C@@]4(C)[C@]2(C)CC3)[C@@H]1O[C@@H]1O[C@@H](C)[C@H](O[C@@H]2OC[C@@H](O)[C@H](O[C@@H]3OC[C@@H](O)[C@H](O)[C@H]3O)[C@H]2O)[C@@H](O)[C@H]1O. The molecule has 0 radical (unpaired) electrons. The number of aliphatic hydroxyl groups is 19. The predicted molar refractivity (Wildman–Crippen MR) is 432 cm³/mol. The molecule has 12 aliphatic rings. The average molecular weight is 1800 g/mol. The first-order valence-electron chi connectivity index (χ1n) is 44.2. The van der Waals surface area contributed by atoms with Crippen molar-refractivity contribution in [2.75, 3.05) is 46.2 Å². The first-order chi connectivity index (χ1) is 59.0. The third-order valence-corrected chi connectivity index (χ3v) is 30.3. The Morgan fingerprint density at radius 2 is 1.02 bits per heavy atom. The van der Waals surface area contributed by atoms with Crippen LogP contribution in [-0.2, 0) is 90.2 Å². The number of hydrogen-bond acceptors (Lipinski definition) is 38. The Labute approximate surface area is 732 Å². The van der Waals surface area contributed by atoms with Gasteiger partial charge in [0.05, 0.1) is 74.0 Å². The number of aliphatic hydroxyl groups excluding tert-OH is 17. The summed E-state index contributed by atoms with van der Waals surface area (Å²) in [6.45, 7) is 24.5. The molecule has 0 aromatic carbocycles. The van der Waals surface area contributed by atoms with Crippen LogP contribution in [0.1, 0.15) is 166 Å². The van der Waals surface area contributed by atoms with Crippen LogP contribution < -0.4 is 0 Å². The molecule has 12 rings (SSSR count). The summed E-state index contributed by atoms with van der Waals surface area (Å²) in [5.41, 5.74) is -5.57. The monoisotopic (exact) mass is 1800 g/mol. The molecular formula is C88H138O38. The summed E-state index contributed by atoms with van der Waals surface area (Å²) < 4.78 is 97.2. The van der Waals surface area contributed by atoms with Crippen molar-refractivity contribution in [3.63, 3.8) is 0 Å². The standard InChI is InChI=1S/C88H138O38/c1-14-83(9,109)24-16-18-40(3)71(106)111-38-50-58(98)68(121-72(107)42(33-89)19-17-25-84(10,110)15-2)70(125-76-64(104)60(100)66(41(4)117-76)122-75-65(105)67(48(93)37-114-75)123-73-61(101)54(94)45(90)34-112-73)79(119-50)126-80(108)88-30-28-81(5,6)32-44(88)43-20-21-52-85(11)26-23-53(82(7,8)51(85)22-27-87(52,13)86(43,12)29-31-88)120-77-63(103)59(99)57(97)49(118-77)39-116-78-69(56(96)47(92)36-115-78)124-74-62(102)55(95)46(91)35-113-74/h14-15,18-20,41,44-70,73-79,89-105,109-110H,1-2,16-17,21-39H2,3-13H3/b40-18+,42-19?/t41-,44-,45+,46+,47-,48+,49+,50+,51-,52+,53-,54-,55-,56-,57+,58+,59-,60-,61+,62+,63+,64+,65+,66-,67-,68-,69+,70+,73-,74-,75-,76-,77-,78-,79-,83+,84?,85-,86+,87+,88-/m0/s1. The molecule has 4 saturated carbocycles. The second-order valence-corrected chi connectivity index (χ2v) is 39.7. The van der Waals surface area contributed by atoms with Gasteiger partial charge in [-0.2, -0.15) is 0 Å². The zero-order valence-corrected chi connectivity index (χ0v) is 73.6. The molecular weight excluding hydrogens is 1660 g/mol. The zero-order valence-electron chi connectivity index (χ0n) is 73.6. The van der Waals surface area contributed by atoms with Crippen molar-refractivity contribution >= 4 is 17.9 Å². The number of carbonyl (C=O) groups excluding carboxylic acids is 3. The molecule has 19 N–H and O–H groups in total. The number of hydrogen-bond donors (Lipinski definition) is 19. The number of ether oxygens (including phenoxy) is 16. The van der Waals surface area contributed by atoms with Crippen LogP contribution in [0.25, 0.3) is 0 Å². The van der Waals surface area contributed by atoms with Crippen LogP contribution in [0.4, 0.5) is 0 Å². The maximum absolute atomic E-state index is 16.6. The van der Waals surface area contributed by atoms with Crippen LogP contribution in [0.3, 0.4) is 0 Å². The Hall–Kier alpha value is -4.17. The lowest BCUT2D eigenvalue weighted by Gasteiger charge is -2.71. The molecule has 0 aromatic heterocycles. The molecule has 7 heterocycles. The summed E-state index contributed by atoms with van der Waals surface area (Å²) in [5.74, 6) is -3.39. The number of esters is 3. The summed E-state index contributed by atoms with van der Waals surface area (Å²) in [6.07, 6.45) is -41.2. The molecule has 0 aromatic rings. The van der Waals surface area contributed by atoms with Crippen molar-refractivity contribution in [3.8, 4) is 0 Å². The number of rotatable bonds is 29. The van der Waals surface area contributed by atoms with Crippen LogP contribution in [0.2, 0.25) is 0 Å². The van der Waals surface area contributed by atoms with Gasteiger partial charge in [0, 0.05) is 5.57 Å². The molecule has 5 aliphatic carbocycles. The van der Waals surface area contributed by atoms with E-state index in [1.165, 1.54) is 45.1 Å². The van der Waals surface area contributed by atoms with Gasteiger partial charge in [-0.3, -0.25) is 4.79 Å². The normalized spacial score (nSPS) is 47.2. The maximum Gasteiger partial charge on any atom is 0.336 e. The molecule has 38 nitrogen and oxygen atoms in total. The molecule has 0 amide bonds. The van der Waals surface area contributed by atoms with Gasteiger partial charge in [-0.05, 0) is 162 Å². The minimum absolute atomic E-state index is 0.0104. The van der Waals surface area contributed by atoms with Gasteiger partial charge < -0.3 is 173 Å². The van der Waals surface area contributed by atoms with E-state index in [4.69, 9.17) is 75.8 Å². The summed E-state index contributed by atoms with van der Waals surface area (Å²) in [7, 11) is 0. The molecule has 1 unspecified atom stereocenters. The number of fused-ring (bicyclic) bond motifs is 7. The fourth-order valence-corrected chi connectivity index (χ4v) is 21.9. The molecule has 11 fully saturated rings. The summed E-state index contributed by atoms with van der Waals surface area (Å²) in [6, 6.07) is 0. The number of carbonyl (C=O) groups is 3. The minimum atomic E-state index is -2.19. The maximum atomic E-state index is 16.6. The highest BCUT2D eigenvalue weighted by atomic mass is 16.8. The summed E-state index contributed by atoms with van der Waals surface area (Å²) in [5, 5.41) is 210. The Morgan fingerprint density at radius 1 is 0.500 bits per heavy atom. The van der Waals surface area contributed by atoms with Gasteiger partial charge in [0.2, 0.25) is 6.29 Å². The van der Waals surface area contributed by atoms with E-state index in [-0.39, 0.29) is 65.9 Å². The quantitative estimate of drug-likeness (QED) is 0.0132. The first kappa shape index (κ1) is 101. The van der Waals surface area contributed by atoms with Gasteiger partial charge in [0.25, 0.3) is 0 Å². The van der Waals surface area contributed by atoms with Crippen molar-refractivity contribution in [2.45, 2.75) is 374 Å². The smallest absolute Gasteiger partial charge is 0.336 e. The molecule has 7 saturated heterocycles. The fraction of sp³-hybridized carbons (Fsp3) is 0.852. The predicted octanol–water partition coefficient (Wildman–Crippen LogP) is -1.58. The first-order valence-corrected chi connectivity index (χ1v) is 44.2. The topological polar surface area (TPSA) is 583 Å². The van der Waals surface area contributed by atoms with E-state index < -0.39 is 300 Å². The molecule has 0 bridgehead atoms. The number of allylic oxidation sites excluding steroid dienone is 4. The Balaban J connectivity index is 0.812. The van der Waals surface area contributed by atoms with Crippen LogP contribution in [0.5, 0.6) is 0 Å². The van der Waals surface area contributed by atoms with Crippen molar-refractivity contribution in [1.29, 1.82) is 0 Å². The van der Waals surface area contributed by atoms with E-state index in [0.717, 1.165) is 12.0 Å². The lowest BCUT2D eigenvalue weighted by molar-refractivity contribution is -0.379. The van der Waals surface area contributed by atoms with E-state index >= 15 is 4.79 Å². The summed E-state index contributed by atoms with van der Waals surface area (Å²) in [4.78, 5) is 45.3. The molecule has 7 aliphatic heterocycles. The largest absolute Gasteiger partial charge is 0.459 e. The van der Waals surface area contributed by atoms with Crippen LogP contribution >= 0.6 is 0 Å². The van der Waals surface area contributed by atoms with Crippen molar-refractivity contribution in [2.24, 2.45) is 50.2 Å². The molecule has 0 spiro atoms. The Kier molecular flexibility index (Phi) is 31.8. The van der Waals surface area contributed by atoms with Gasteiger partial charge in [0.15, 0.2) is 49.9 Å². The van der Waals surface area contributed by atoms with Gasteiger partial charge >= 0.3 is 17.9 Å². The molecule has 41 atom stereocenters. The van der Waals surface area contributed by atoms with Crippen molar-refractivity contribution in [1.82, 2.24) is 0 Å². The molecule has 718 valence electrons. The van der Waals surface area contributed by atoms with Crippen molar-refractivity contribution < 1.29 is 187 Å². The van der Waals surface area contributed by atoms with Gasteiger partial charge in [0.1, 0.15) is 135 Å². The molecule has 126 heavy (non-hydrogen) atoms. The second kappa shape index (κ2) is 39.8. The second-order valence-electron chi connectivity index (χ2n) is 39.7. The Morgan fingerprint density at radius 3 is 1.64 bits per heavy atom. The van der Waals surface area contributed by atoms with Gasteiger partial charge in [-0.15, -0.1) is 13.2 Å². The summed E-state index contributed by atoms with van der Waals surface area (Å²) >= 11 is 0. The molecule has 38 heteroatoms. The lowest BCUT2D eigenvalue weighted by Crippen LogP contribution is -2.67. The van der Waals surface area contributed by atoms with E-state index in [1.54, 1.807) is 6.92 Å². The van der Waals surface area contributed by atoms with Crippen LogP contribution in [0.15, 0.2) is 60.3 Å².